The number of hydrogen-bond donors (Lipinski definition) is 1. The molecule has 96 valence electrons. The fraction of sp³-hybridized carbons (Fsp3) is 0.600. The van der Waals surface area contributed by atoms with Crippen LogP contribution in [-0.2, 0) is 5.41 Å². The molecule has 17 heavy (non-hydrogen) atoms. The second kappa shape index (κ2) is 5.54. The first kappa shape index (κ1) is 14.0. The minimum Gasteiger partial charge on any atom is -0.492 e. The fourth-order valence-electron chi connectivity index (χ4n) is 1.65. The number of aryl methyl sites for hydroxylation is 1. The van der Waals surface area contributed by atoms with E-state index < -0.39 is 0 Å². The van der Waals surface area contributed by atoms with Gasteiger partial charge in [-0.15, -0.1) is 0 Å². The lowest BCUT2D eigenvalue weighted by molar-refractivity contribution is 0.273. The second-order valence-corrected chi connectivity index (χ2v) is 5.75. The topological polar surface area (TPSA) is 21.3 Å². The van der Waals surface area contributed by atoms with Crippen LogP contribution in [0.1, 0.15) is 38.8 Å². The van der Waals surface area contributed by atoms with Crippen molar-refractivity contribution in [2.45, 2.75) is 46.1 Å². The maximum atomic E-state index is 5.91. The van der Waals surface area contributed by atoms with Crippen LogP contribution in [0.5, 0.6) is 5.75 Å². The number of ether oxygens (including phenoxy) is 1. The molecule has 1 aromatic carbocycles. The Labute approximate surface area is 105 Å². The maximum absolute atomic E-state index is 5.91. The molecule has 1 N–H and O–H groups in total. The molecule has 1 atom stereocenters. The van der Waals surface area contributed by atoms with Gasteiger partial charge in [-0.3, -0.25) is 0 Å². The third kappa shape index (κ3) is 4.04. The molecule has 0 amide bonds. The van der Waals surface area contributed by atoms with Gasteiger partial charge in [0.15, 0.2) is 0 Å². The van der Waals surface area contributed by atoms with E-state index in [9.17, 15) is 0 Å². The molecule has 0 aliphatic carbocycles. The van der Waals surface area contributed by atoms with E-state index in [1.807, 2.05) is 7.05 Å². The largest absolute Gasteiger partial charge is 0.492 e. The van der Waals surface area contributed by atoms with Crippen LogP contribution in [0.4, 0.5) is 0 Å². The minimum atomic E-state index is 0.115. The molecule has 0 saturated heterocycles. The van der Waals surface area contributed by atoms with Gasteiger partial charge >= 0.3 is 0 Å². The number of rotatable bonds is 4. The predicted molar refractivity (Wildman–Crippen MR) is 73.9 cm³/mol. The molecule has 2 heteroatoms. The summed E-state index contributed by atoms with van der Waals surface area (Å²) in [5.74, 6) is 1.00. The molecule has 0 radical (unpaired) electrons. The molecule has 0 aromatic heterocycles. The summed E-state index contributed by atoms with van der Waals surface area (Å²) in [5.41, 5.74) is 2.68. The summed E-state index contributed by atoms with van der Waals surface area (Å²) in [7, 11) is 1.95. The highest BCUT2D eigenvalue weighted by Crippen LogP contribution is 2.32. The first-order chi connectivity index (χ1) is 7.84. The van der Waals surface area contributed by atoms with Crippen LogP contribution in [-0.4, -0.2) is 19.7 Å². The van der Waals surface area contributed by atoms with Crippen molar-refractivity contribution in [3.8, 4) is 5.75 Å². The summed E-state index contributed by atoms with van der Waals surface area (Å²) in [4.78, 5) is 0. The number of nitrogens with one attached hydrogen (secondary N) is 1. The van der Waals surface area contributed by atoms with Crippen LogP contribution < -0.4 is 10.1 Å². The number of hydrogen-bond acceptors (Lipinski definition) is 2. The summed E-state index contributed by atoms with van der Waals surface area (Å²) in [5, 5.41) is 3.18. The average molecular weight is 235 g/mol. The van der Waals surface area contributed by atoms with Crippen LogP contribution in [0.3, 0.4) is 0 Å². The van der Waals surface area contributed by atoms with Crippen LogP contribution in [0.15, 0.2) is 18.2 Å². The van der Waals surface area contributed by atoms with Gasteiger partial charge in [0.1, 0.15) is 12.4 Å². The molecule has 0 saturated carbocycles. The molecule has 2 nitrogen and oxygen atoms in total. The summed E-state index contributed by atoms with van der Waals surface area (Å²) >= 11 is 0. The predicted octanol–water partition coefficient (Wildman–Crippen LogP) is 3.28. The summed E-state index contributed by atoms with van der Waals surface area (Å²) in [6, 6.07) is 6.77. The van der Waals surface area contributed by atoms with Gasteiger partial charge in [0.2, 0.25) is 0 Å². The molecule has 0 bridgehead atoms. The van der Waals surface area contributed by atoms with Gasteiger partial charge in [0.25, 0.3) is 0 Å². The highest BCUT2D eigenvalue weighted by molar-refractivity contribution is 5.41. The Morgan fingerprint density at radius 1 is 1.29 bits per heavy atom. The molecule has 0 aliphatic heterocycles. The third-order valence-electron chi connectivity index (χ3n) is 2.92. The lowest BCUT2D eigenvalue weighted by Gasteiger charge is -2.24. The molecular formula is C15H25NO. The first-order valence-corrected chi connectivity index (χ1v) is 6.26. The molecular weight excluding hydrogens is 210 g/mol. The van der Waals surface area contributed by atoms with Crippen molar-refractivity contribution in [2.24, 2.45) is 0 Å². The highest BCUT2D eigenvalue weighted by Gasteiger charge is 2.19. The maximum Gasteiger partial charge on any atom is 0.123 e. The van der Waals surface area contributed by atoms with E-state index in [1.165, 1.54) is 11.1 Å². The Morgan fingerprint density at radius 3 is 2.47 bits per heavy atom. The Morgan fingerprint density at radius 2 is 1.94 bits per heavy atom. The lowest BCUT2D eigenvalue weighted by Crippen LogP contribution is -2.28. The van der Waals surface area contributed by atoms with E-state index in [-0.39, 0.29) is 5.41 Å². The molecule has 0 heterocycles. The second-order valence-electron chi connectivity index (χ2n) is 5.75. The van der Waals surface area contributed by atoms with Crippen molar-refractivity contribution in [1.29, 1.82) is 0 Å². The van der Waals surface area contributed by atoms with Gasteiger partial charge in [-0.2, -0.15) is 0 Å². The van der Waals surface area contributed by atoms with E-state index in [1.54, 1.807) is 0 Å². The highest BCUT2D eigenvalue weighted by atomic mass is 16.5. The van der Waals surface area contributed by atoms with Gasteiger partial charge in [-0.05, 0) is 37.9 Å². The molecule has 0 aliphatic rings. The fourth-order valence-corrected chi connectivity index (χ4v) is 1.65. The monoisotopic (exact) mass is 235 g/mol. The average Bonchev–Trinajstić information content (AvgIpc) is 2.25. The van der Waals surface area contributed by atoms with Crippen LogP contribution in [0, 0.1) is 6.92 Å². The van der Waals surface area contributed by atoms with Crippen molar-refractivity contribution in [1.82, 2.24) is 5.32 Å². The summed E-state index contributed by atoms with van der Waals surface area (Å²) in [6.45, 7) is 11.6. The zero-order chi connectivity index (χ0) is 13.1. The molecule has 1 rings (SSSR count). The Bertz CT molecular complexity index is 366. The van der Waals surface area contributed by atoms with Gasteiger partial charge in [-0.25, -0.2) is 0 Å². The van der Waals surface area contributed by atoms with E-state index >= 15 is 0 Å². The molecule has 1 aromatic rings. The van der Waals surface area contributed by atoms with Crippen LogP contribution in [0.2, 0.25) is 0 Å². The van der Waals surface area contributed by atoms with E-state index in [2.05, 4.69) is 58.1 Å². The molecule has 0 fully saturated rings. The standard InChI is InChI=1S/C15H25NO/c1-11-7-8-14(17-10-12(2)16-6)13(9-11)15(3,4)5/h7-9,12,16H,10H2,1-6H3. The van der Waals surface area contributed by atoms with Crippen molar-refractivity contribution >= 4 is 0 Å². The van der Waals surface area contributed by atoms with Crippen molar-refractivity contribution in [3.05, 3.63) is 29.3 Å². The summed E-state index contributed by atoms with van der Waals surface area (Å²) in [6.07, 6.45) is 0. The third-order valence-corrected chi connectivity index (χ3v) is 2.92. The van der Waals surface area contributed by atoms with Crippen LogP contribution in [0.25, 0.3) is 0 Å². The van der Waals surface area contributed by atoms with Crippen molar-refractivity contribution < 1.29 is 4.74 Å². The molecule has 1 unspecified atom stereocenters. The van der Waals surface area contributed by atoms with Crippen LogP contribution >= 0.6 is 0 Å². The van der Waals surface area contributed by atoms with E-state index in [0.717, 1.165) is 5.75 Å². The van der Waals surface area contributed by atoms with Gasteiger partial charge in [0.05, 0.1) is 0 Å². The minimum absolute atomic E-state index is 0.115. The summed E-state index contributed by atoms with van der Waals surface area (Å²) < 4.78 is 5.91. The first-order valence-electron chi connectivity index (χ1n) is 6.26. The van der Waals surface area contributed by atoms with E-state index in [0.29, 0.717) is 12.6 Å². The zero-order valence-electron chi connectivity index (χ0n) is 11.9. The van der Waals surface area contributed by atoms with Gasteiger partial charge in [0, 0.05) is 6.04 Å². The Kier molecular flexibility index (Phi) is 4.58. The Hall–Kier alpha value is -1.02. The normalized spacial score (nSPS) is 13.5. The van der Waals surface area contributed by atoms with Gasteiger partial charge in [-0.1, -0.05) is 38.5 Å². The molecule has 0 spiro atoms. The smallest absolute Gasteiger partial charge is 0.123 e. The van der Waals surface area contributed by atoms with Crippen molar-refractivity contribution in [3.63, 3.8) is 0 Å². The van der Waals surface area contributed by atoms with E-state index in [4.69, 9.17) is 4.74 Å². The van der Waals surface area contributed by atoms with Gasteiger partial charge < -0.3 is 10.1 Å². The lowest BCUT2D eigenvalue weighted by atomic mass is 9.85. The SMILES string of the molecule is CNC(C)COc1ccc(C)cc1C(C)(C)C. The number of benzene rings is 1. The quantitative estimate of drug-likeness (QED) is 0.864. The number of likely N-dealkylation sites (N-methyl/N-ethyl adjacent to an activating group) is 1. The Balaban J connectivity index is 2.91. The zero-order valence-corrected chi connectivity index (χ0v) is 11.9. The van der Waals surface area contributed by atoms with Crippen molar-refractivity contribution in [2.75, 3.05) is 13.7 Å².